The lowest BCUT2D eigenvalue weighted by atomic mass is 10.0. The summed E-state index contributed by atoms with van der Waals surface area (Å²) in [4.78, 5) is 19.3. The van der Waals surface area contributed by atoms with Gasteiger partial charge in [-0.3, -0.25) is 9.69 Å². The van der Waals surface area contributed by atoms with Gasteiger partial charge in [-0.1, -0.05) is 29.8 Å². The Morgan fingerprint density at radius 1 is 1.32 bits per heavy atom. The molecule has 3 aromatic rings. The fraction of sp³-hybridized carbons (Fsp3) is 0.227. The maximum Gasteiger partial charge on any atom is 0.279 e. The van der Waals surface area contributed by atoms with Gasteiger partial charge in [0.1, 0.15) is 6.04 Å². The first-order chi connectivity index (χ1) is 14.9. The summed E-state index contributed by atoms with van der Waals surface area (Å²) in [5.74, 6) is -1.12. The molecule has 0 saturated heterocycles. The predicted molar refractivity (Wildman–Crippen MR) is 118 cm³/mol. The SMILES string of the molecule is COC[C@@H](C)n1c(Br)nc2c1C(c1ccc(C#N)cc1)N(c1cccc(Cl)c1F)C2=O. The number of aromatic nitrogens is 2. The van der Waals surface area contributed by atoms with Crippen molar-refractivity contribution in [3.63, 3.8) is 0 Å². The number of halogens is 3. The number of imidazole rings is 1. The summed E-state index contributed by atoms with van der Waals surface area (Å²) in [5.41, 5.74) is 2.10. The molecule has 1 amide bonds. The van der Waals surface area contributed by atoms with Crippen LogP contribution in [0.5, 0.6) is 0 Å². The minimum atomic E-state index is -0.683. The highest BCUT2D eigenvalue weighted by Crippen LogP contribution is 2.45. The van der Waals surface area contributed by atoms with E-state index in [2.05, 4.69) is 27.0 Å². The van der Waals surface area contributed by atoms with Gasteiger partial charge >= 0.3 is 0 Å². The maximum atomic E-state index is 15.0. The summed E-state index contributed by atoms with van der Waals surface area (Å²) >= 11 is 9.47. The highest BCUT2D eigenvalue weighted by Gasteiger charge is 2.45. The Labute approximate surface area is 191 Å². The molecule has 9 heteroatoms. The minimum absolute atomic E-state index is 0.0620. The molecule has 31 heavy (non-hydrogen) atoms. The smallest absolute Gasteiger partial charge is 0.279 e. The van der Waals surface area contributed by atoms with Gasteiger partial charge in [0.2, 0.25) is 0 Å². The molecule has 6 nitrogen and oxygen atoms in total. The van der Waals surface area contributed by atoms with E-state index in [0.717, 1.165) is 0 Å². The van der Waals surface area contributed by atoms with Crippen molar-refractivity contribution in [2.45, 2.75) is 19.0 Å². The third kappa shape index (κ3) is 3.53. The Hall–Kier alpha value is -2.73. The molecule has 2 heterocycles. The fourth-order valence-corrected chi connectivity index (χ4v) is 4.79. The van der Waals surface area contributed by atoms with Crippen LogP contribution in [0.4, 0.5) is 10.1 Å². The van der Waals surface area contributed by atoms with Crippen molar-refractivity contribution in [1.29, 1.82) is 5.26 Å². The Morgan fingerprint density at radius 3 is 2.68 bits per heavy atom. The topological polar surface area (TPSA) is 71.2 Å². The Kier molecular flexibility index (Phi) is 5.84. The third-order valence-electron chi connectivity index (χ3n) is 5.24. The van der Waals surface area contributed by atoms with Crippen molar-refractivity contribution in [3.05, 3.63) is 80.6 Å². The Bertz CT molecular complexity index is 1210. The van der Waals surface area contributed by atoms with Gasteiger partial charge in [0, 0.05) is 7.11 Å². The first-order valence-corrected chi connectivity index (χ1v) is 10.6. The van der Waals surface area contributed by atoms with Crippen LogP contribution in [0.3, 0.4) is 0 Å². The number of carbonyl (C=O) groups is 1. The van der Waals surface area contributed by atoms with Gasteiger partial charge in [-0.15, -0.1) is 0 Å². The molecular formula is C22H17BrClFN4O2. The van der Waals surface area contributed by atoms with E-state index in [1.54, 1.807) is 37.4 Å². The average molecular weight is 504 g/mol. The summed E-state index contributed by atoms with van der Waals surface area (Å²) in [6.07, 6.45) is 0. The van der Waals surface area contributed by atoms with Crippen LogP contribution in [0.15, 0.2) is 47.2 Å². The minimum Gasteiger partial charge on any atom is -0.383 e. The second kappa shape index (κ2) is 8.42. The fourth-order valence-electron chi connectivity index (χ4n) is 3.90. The standard InChI is InChI=1S/C22H17BrClFN4O2/c1-12(11-31-2)28-20-18(27-22(28)23)21(30)29(16-5-3-4-15(24)17(16)25)19(20)14-8-6-13(10-26)7-9-14/h3-9,12,19H,11H2,1-2H3/t12-,19?/m1/s1. The predicted octanol–water partition coefficient (Wildman–Crippen LogP) is 5.27. The van der Waals surface area contributed by atoms with E-state index in [1.165, 1.54) is 17.0 Å². The molecule has 1 aromatic heterocycles. The van der Waals surface area contributed by atoms with E-state index in [9.17, 15) is 9.18 Å². The molecule has 2 aromatic carbocycles. The van der Waals surface area contributed by atoms with Crippen LogP contribution in [0.25, 0.3) is 0 Å². The van der Waals surface area contributed by atoms with Crippen LogP contribution in [-0.2, 0) is 4.74 Å². The van der Waals surface area contributed by atoms with Gasteiger partial charge < -0.3 is 9.30 Å². The molecule has 1 aliphatic rings. The zero-order chi connectivity index (χ0) is 22.3. The molecule has 0 N–H and O–H groups in total. The lowest BCUT2D eigenvalue weighted by Crippen LogP contribution is -2.31. The number of carbonyl (C=O) groups excluding carboxylic acids is 1. The molecule has 0 fully saturated rings. The number of ether oxygens (including phenoxy) is 1. The summed E-state index contributed by atoms with van der Waals surface area (Å²) in [6, 6.07) is 12.7. The maximum absolute atomic E-state index is 15.0. The van der Waals surface area contributed by atoms with E-state index in [-0.39, 0.29) is 22.4 Å². The first kappa shape index (κ1) is 21.5. The van der Waals surface area contributed by atoms with Gasteiger partial charge in [-0.25, -0.2) is 9.37 Å². The number of methoxy groups -OCH3 is 1. The molecule has 0 bridgehead atoms. The Morgan fingerprint density at radius 2 is 2.03 bits per heavy atom. The third-order valence-corrected chi connectivity index (χ3v) is 6.09. The number of anilines is 1. The lowest BCUT2D eigenvalue weighted by molar-refractivity contribution is 0.0988. The van der Waals surface area contributed by atoms with Crippen molar-refractivity contribution in [3.8, 4) is 6.07 Å². The van der Waals surface area contributed by atoms with E-state index in [1.807, 2.05) is 11.5 Å². The molecule has 1 aliphatic heterocycles. The van der Waals surface area contributed by atoms with E-state index < -0.39 is 17.8 Å². The van der Waals surface area contributed by atoms with Crippen LogP contribution < -0.4 is 4.90 Å². The molecule has 4 rings (SSSR count). The highest BCUT2D eigenvalue weighted by atomic mass is 79.9. The highest BCUT2D eigenvalue weighted by molar-refractivity contribution is 9.10. The summed E-state index contributed by atoms with van der Waals surface area (Å²) in [7, 11) is 1.60. The van der Waals surface area contributed by atoms with Crippen LogP contribution in [-0.4, -0.2) is 29.2 Å². The number of benzene rings is 2. The molecule has 0 aliphatic carbocycles. The van der Waals surface area contributed by atoms with Crippen molar-refractivity contribution in [2.24, 2.45) is 0 Å². The Balaban J connectivity index is 1.96. The lowest BCUT2D eigenvalue weighted by Gasteiger charge is -2.28. The number of nitrogens with zero attached hydrogens (tertiary/aromatic N) is 4. The van der Waals surface area contributed by atoms with Crippen LogP contribution in [0.1, 0.15) is 46.3 Å². The molecular weight excluding hydrogens is 487 g/mol. The van der Waals surface area contributed by atoms with E-state index >= 15 is 0 Å². The quantitative estimate of drug-likeness (QED) is 0.476. The summed E-state index contributed by atoms with van der Waals surface area (Å²) < 4.78 is 22.7. The van der Waals surface area contributed by atoms with Gasteiger partial charge in [-0.05, 0) is 52.7 Å². The summed E-state index contributed by atoms with van der Waals surface area (Å²) in [5, 5.41) is 9.08. The van der Waals surface area contributed by atoms with Crippen LogP contribution >= 0.6 is 27.5 Å². The molecule has 0 radical (unpaired) electrons. The largest absolute Gasteiger partial charge is 0.383 e. The normalized spacial score (nSPS) is 16.3. The number of hydrogen-bond donors (Lipinski definition) is 0. The summed E-state index contributed by atoms with van der Waals surface area (Å²) in [6.45, 7) is 2.33. The molecule has 0 saturated carbocycles. The monoisotopic (exact) mass is 502 g/mol. The zero-order valence-corrected chi connectivity index (χ0v) is 19.0. The number of nitriles is 1. The second-order valence-corrected chi connectivity index (χ2v) is 8.29. The average Bonchev–Trinajstić information content (AvgIpc) is 3.23. The van der Waals surface area contributed by atoms with E-state index in [0.29, 0.717) is 28.2 Å². The number of rotatable bonds is 5. The molecule has 158 valence electrons. The van der Waals surface area contributed by atoms with Crippen molar-refractivity contribution in [1.82, 2.24) is 9.55 Å². The van der Waals surface area contributed by atoms with Gasteiger partial charge in [0.15, 0.2) is 16.2 Å². The van der Waals surface area contributed by atoms with Gasteiger partial charge in [0.25, 0.3) is 5.91 Å². The van der Waals surface area contributed by atoms with E-state index in [4.69, 9.17) is 21.6 Å². The van der Waals surface area contributed by atoms with Crippen molar-refractivity contribution >= 4 is 39.1 Å². The van der Waals surface area contributed by atoms with Gasteiger partial charge in [0.05, 0.1) is 40.7 Å². The number of fused-ring (bicyclic) bond motifs is 1. The zero-order valence-electron chi connectivity index (χ0n) is 16.6. The molecule has 0 spiro atoms. The second-order valence-electron chi connectivity index (χ2n) is 7.17. The van der Waals surface area contributed by atoms with Crippen LogP contribution in [0, 0.1) is 17.1 Å². The number of amides is 1. The number of hydrogen-bond acceptors (Lipinski definition) is 4. The first-order valence-electron chi connectivity index (χ1n) is 9.43. The molecule has 1 unspecified atom stereocenters. The van der Waals surface area contributed by atoms with Gasteiger partial charge in [-0.2, -0.15) is 5.26 Å². The molecule has 2 atom stereocenters. The van der Waals surface area contributed by atoms with Crippen molar-refractivity contribution < 1.29 is 13.9 Å². The van der Waals surface area contributed by atoms with Crippen molar-refractivity contribution in [2.75, 3.05) is 18.6 Å². The van der Waals surface area contributed by atoms with Crippen LogP contribution in [0.2, 0.25) is 5.02 Å².